The van der Waals surface area contributed by atoms with Crippen molar-refractivity contribution in [3.05, 3.63) is 58.2 Å². The molecule has 7 heteroatoms. The molecular weight excluding hydrogens is 328 g/mol. The summed E-state index contributed by atoms with van der Waals surface area (Å²) in [5.74, 6) is 1.50. The summed E-state index contributed by atoms with van der Waals surface area (Å²) in [6.45, 7) is 7.33. The standard InChI is InChI=1S/C19H24N6O/c1-14-15(2)20-13-24(19(14)26)11-16-6-9-23(10-7-16)12-18-22-21-17-5-3-4-8-25(17)18/h3-5,8,13,16H,6-7,9-12H2,1-2H3. The zero-order valence-electron chi connectivity index (χ0n) is 15.3. The topological polar surface area (TPSA) is 68.3 Å². The number of hydrogen-bond acceptors (Lipinski definition) is 5. The van der Waals surface area contributed by atoms with Crippen molar-refractivity contribution in [3.63, 3.8) is 0 Å². The molecule has 136 valence electrons. The number of aromatic nitrogens is 5. The van der Waals surface area contributed by atoms with Crippen LogP contribution in [0.2, 0.25) is 0 Å². The van der Waals surface area contributed by atoms with E-state index in [0.29, 0.717) is 5.92 Å². The van der Waals surface area contributed by atoms with Crippen molar-refractivity contribution >= 4 is 5.65 Å². The highest BCUT2D eigenvalue weighted by Gasteiger charge is 2.21. The van der Waals surface area contributed by atoms with Crippen molar-refractivity contribution in [3.8, 4) is 0 Å². The molecule has 4 rings (SSSR count). The van der Waals surface area contributed by atoms with Crippen LogP contribution < -0.4 is 5.56 Å². The van der Waals surface area contributed by atoms with Gasteiger partial charge in [-0.1, -0.05) is 6.07 Å². The molecule has 0 atom stereocenters. The van der Waals surface area contributed by atoms with E-state index in [1.54, 1.807) is 10.9 Å². The zero-order chi connectivity index (χ0) is 18.1. The average molecular weight is 352 g/mol. The molecule has 0 bridgehead atoms. The van der Waals surface area contributed by atoms with Gasteiger partial charge in [-0.05, 0) is 57.8 Å². The Kier molecular flexibility index (Phi) is 4.55. The fraction of sp³-hybridized carbons (Fsp3) is 0.474. The number of likely N-dealkylation sites (tertiary alicyclic amines) is 1. The van der Waals surface area contributed by atoms with Crippen LogP contribution in [0.4, 0.5) is 0 Å². The van der Waals surface area contributed by atoms with Crippen LogP contribution >= 0.6 is 0 Å². The Balaban J connectivity index is 1.37. The highest BCUT2D eigenvalue weighted by molar-refractivity contribution is 5.36. The summed E-state index contributed by atoms with van der Waals surface area (Å²) in [4.78, 5) is 19.1. The van der Waals surface area contributed by atoms with E-state index in [4.69, 9.17) is 0 Å². The Morgan fingerprint density at radius 2 is 1.96 bits per heavy atom. The first-order chi connectivity index (χ1) is 12.6. The van der Waals surface area contributed by atoms with Gasteiger partial charge in [0.05, 0.1) is 12.9 Å². The smallest absolute Gasteiger partial charge is 0.256 e. The summed E-state index contributed by atoms with van der Waals surface area (Å²) in [6, 6.07) is 5.95. The van der Waals surface area contributed by atoms with E-state index >= 15 is 0 Å². The zero-order valence-corrected chi connectivity index (χ0v) is 15.3. The fourth-order valence-electron chi connectivity index (χ4n) is 3.61. The molecule has 0 N–H and O–H groups in total. The highest BCUT2D eigenvalue weighted by atomic mass is 16.1. The van der Waals surface area contributed by atoms with Crippen molar-refractivity contribution < 1.29 is 0 Å². The van der Waals surface area contributed by atoms with Gasteiger partial charge in [-0.15, -0.1) is 10.2 Å². The first-order valence-corrected chi connectivity index (χ1v) is 9.15. The molecule has 1 aliphatic rings. The first kappa shape index (κ1) is 16.9. The molecule has 0 unspecified atom stereocenters. The Morgan fingerprint density at radius 3 is 2.77 bits per heavy atom. The maximum atomic E-state index is 12.4. The van der Waals surface area contributed by atoms with Crippen molar-refractivity contribution in [2.24, 2.45) is 5.92 Å². The minimum Gasteiger partial charge on any atom is -0.299 e. The number of fused-ring (bicyclic) bond motifs is 1. The molecule has 0 aromatic carbocycles. The lowest BCUT2D eigenvalue weighted by atomic mass is 9.96. The largest absolute Gasteiger partial charge is 0.299 e. The van der Waals surface area contributed by atoms with Crippen LogP contribution in [-0.2, 0) is 13.1 Å². The predicted molar refractivity (Wildman–Crippen MR) is 99.0 cm³/mol. The second kappa shape index (κ2) is 6.99. The monoisotopic (exact) mass is 352 g/mol. The number of piperidine rings is 1. The molecule has 4 heterocycles. The van der Waals surface area contributed by atoms with Crippen LogP contribution in [0.1, 0.15) is 29.9 Å². The third-order valence-electron chi connectivity index (χ3n) is 5.43. The number of aryl methyl sites for hydroxylation is 1. The molecule has 0 amide bonds. The van der Waals surface area contributed by atoms with Gasteiger partial charge in [0.25, 0.3) is 5.56 Å². The Morgan fingerprint density at radius 1 is 1.15 bits per heavy atom. The second-order valence-electron chi connectivity index (χ2n) is 7.18. The summed E-state index contributed by atoms with van der Waals surface area (Å²) in [7, 11) is 0. The third-order valence-corrected chi connectivity index (χ3v) is 5.43. The van der Waals surface area contributed by atoms with Gasteiger partial charge in [0.1, 0.15) is 0 Å². The van der Waals surface area contributed by atoms with E-state index in [9.17, 15) is 4.79 Å². The molecular formula is C19H24N6O. The highest BCUT2D eigenvalue weighted by Crippen LogP contribution is 2.20. The molecule has 0 saturated carbocycles. The molecule has 7 nitrogen and oxygen atoms in total. The van der Waals surface area contributed by atoms with Crippen molar-refractivity contribution in [1.82, 2.24) is 29.0 Å². The van der Waals surface area contributed by atoms with Crippen LogP contribution in [0.15, 0.2) is 35.5 Å². The minimum atomic E-state index is 0.0925. The molecule has 3 aromatic rings. The number of nitrogens with zero attached hydrogens (tertiary/aromatic N) is 6. The second-order valence-corrected chi connectivity index (χ2v) is 7.18. The lowest BCUT2D eigenvalue weighted by Gasteiger charge is -2.31. The van der Waals surface area contributed by atoms with E-state index in [-0.39, 0.29) is 5.56 Å². The molecule has 26 heavy (non-hydrogen) atoms. The lowest BCUT2D eigenvalue weighted by molar-refractivity contribution is 0.162. The molecule has 3 aromatic heterocycles. The van der Waals surface area contributed by atoms with Crippen molar-refractivity contribution in [2.75, 3.05) is 13.1 Å². The van der Waals surface area contributed by atoms with E-state index in [1.165, 1.54) is 0 Å². The minimum absolute atomic E-state index is 0.0925. The van der Waals surface area contributed by atoms with Crippen LogP contribution in [0.5, 0.6) is 0 Å². The fourth-order valence-corrected chi connectivity index (χ4v) is 3.61. The maximum absolute atomic E-state index is 12.4. The summed E-state index contributed by atoms with van der Waals surface area (Å²) < 4.78 is 3.82. The summed E-state index contributed by atoms with van der Waals surface area (Å²) >= 11 is 0. The molecule has 1 aliphatic heterocycles. The quantitative estimate of drug-likeness (QED) is 0.716. The van der Waals surface area contributed by atoms with Crippen LogP contribution in [0.25, 0.3) is 5.65 Å². The molecule has 0 spiro atoms. The third kappa shape index (κ3) is 3.26. The Labute approximate surface area is 152 Å². The normalized spacial score (nSPS) is 16.4. The van der Waals surface area contributed by atoms with Gasteiger partial charge >= 0.3 is 0 Å². The summed E-state index contributed by atoms with van der Waals surface area (Å²) in [5.41, 5.74) is 2.55. The Hall–Kier alpha value is -2.54. The van der Waals surface area contributed by atoms with E-state index < -0.39 is 0 Å². The molecule has 0 aliphatic carbocycles. The van der Waals surface area contributed by atoms with E-state index in [1.807, 2.05) is 42.6 Å². The van der Waals surface area contributed by atoms with Gasteiger partial charge in [-0.25, -0.2) is 4.98 Å². The van der Waals surface area contributed by atoms with Crippen LogP contribution in [0, 0.1) is 19.8 Å². The first-order valence-electron chi connectivity index (χ1n) is 9.15. The number of rotatable bonds is 4. The predicted octanol–water partition coefficient (Wildman–Crippen LogP) is 1.82. The SMILES string of the molecule is Cc1ncn(CC2CCN(Cc3nnc4ccccn34)CC2)c(=O)c1C. The van der Waals surface area contributed by atoms with Crippen LogP contribution in [0.3, 0.4) is 0 Å². The van der Waals surface area contributed by atoms with Gasteiger partial charge in [0, 0.05) is 24.0 Å². The van der Waals surface area contributed by atoms with Gasteiger partial charge in [0.15, 0.2) is 11.5 Å². The number of pyridine rings is 1. The Bertz CT molecular complexity index is 968. The van der Waals surface area contributed by atoms with Crippen molar-refractivity contribution in [1.29, 1.82) is 0 Å². The summed E-state index contributed by atoms with van der Waals surface area (Å²) in [6.07, 6.45) is 5.86. The average Bonchev–Trinajstić information content (AvgIpc) is 3.07. The maximum Gasteiger partial charge on any atom is 0.256 e. The van der Waals surface area contributed by atoms with Gasteiger partial charge < -0.3 is 0 Å². The molecule has 0 radical (unpaired) electrons. The van der Waals surface area contributed by atoms with Crippen molar-refractivity contribution in [2.45, 2.75) is 39.8 Å². The van der Waals surface area contributed by atoms with Gasteiger partial charge in [0.2, 0.25) is 0 Å². The molecule has 1 saturated heterocycles. The van der Waals surface area contributed by atoms with E-state index in [2.05, 4.69) is 20.1 Å². The van der Waals surface area contributed by atoms with Gasteiger partial charge in [-0.2, -0.15) is 0 Å². The lowest BCUT2D eigenvalue weighted by Crippen LogP contribution is -2.36. The molecule has 1 fully saturated rings. The van der Waals surface area contributed by atoms with E-state index in [0.717, 1.165) is 61.7 Å². The number of hydrogen-bond donors (Lipinski definition) is 0. The van der Waals surface area contributed by atoms with Crippen LogP contribution in [-0.4, -0.2) is 42.1 Å². The van der Waals surface area contributed by atoms with Gasteiger partial charge in [-0.3, -0.25) is 18.7 Å². The summed E-state index contributed by atoms with van der Waals surface area (Å²) in [5, 5.41) is 8.54.